The number of rotatable bonds is 10. The van der Waals surface area contributed by atoms with Gasteiger partial charge in [-0.05, 0) is 53.9 Å². The van der Waals surface area contributed by atoms with E-state index in [1.807, 2.05) is 53.1 Å². The largest absolute Gasteiger partial charge is 0.497 e. The number of fused-ring (bicyclic) bond motifs is 2. The third-order valence-corrected chi connectivity index (χ3v) is 16.6. The molecule has 2 unspecified atom stereocenters. The van der Waals surface area contributed by atoms with Crippen LogP contribution in [-0.4, -0.2) is 66.5 Å². The van der Waals surface area contributed by atoms with Crippen LogP contribution in [0, 0.1) is 0 Å². The predicted molar refractivity (Wildman–Crippen MR) is 201 cm³/mol. The van der Waals surface area contributed by atoms with E-state index in [0.717, 1.165) is 22.4 Å². The highest BCUT2D eigenvalue weighted by Gasteiger charge is 2.59. The first-order valence-corrected chi connectivity index (χ1v) is 21.7. The number of nitrogens with zero attached hydrogens (tertiary/aromatic N) is 4. The number of hydrogen-bond donors (Lipinski definition) is 1. The maximum Gasteiger partial charge on any atom is 0.475 e. The van der Waals surface area contributed by atoms with E-state index in [9.17, 15) is 4.57 Å². The third-order valence-electron chi connectivity index (χ3n) is 10.6. The first-order chi connectivity index (χ1) is 24.8. The van der Waals surface area contributed by atoms with E-state index >= 15 is 0 Å². The Balaban J connectivity index is 1.36. The van der Waals surface area contributed by atoms with Gasteiger partial charge in [0.05, 0.1) is 19.5 Å². The summed E-state index contributed by atoms with van der Waals surface area (Å²) in [5.74, 6) is 1.26. The Labute approximate surface area is 305 Å². The number of hydrogen-bond acceptors (Lipinski definition) is 11. The molecule has 0 radical (unpaired) electrons. The molecule has 52 heavy (non-hydrogen) atoms. The van der Waals surface area contributed by atoms with Crippen LogP contribution in [0.3, 0.4) is 0 Å². The highest BCUT2D eigenvalue weighted by molar-refractivity contribution is 7.48. The molecule has 2 aliphatic heterocycles. The molecule has 0 saturated carbocycles. The molecule has 0 bridgehead atoms. The highest BCUT2D eigenvalue weighted by Crippen LogP contribution is 2.59. The number of benzene rings is 3. The first kappa shape index (κ1) is 36.4. The molecule has 2 aromatic heterocycles. The molecule has 6 atom stereocenters. The number of methoxy groups -OCH3 is 1. The summed E-state index contributed by atoms with van der Waals surface area (Å²) >= 11 is 0. The van der Waals surface area contributed by atoms with Crippen LogP contribution in [0.2, 0.25) is 18.1 Å². The summed E-state index contributed by atoms with van der Waals surface area (Å²) in [5.41, 5.74) is 3.13. The zero-order valence-electron chi connectivity index (χ0n) is 30.7. The van der Waals surface area contributed by atoms with Crippen LogP contribution < -0.4 is 10.1 Å². The van der Waals surface area contributed by atoms with Crippen molar-refractivity contribution in [1.82, 2.24) is 19.5 Å². The molecule has 7 rings (SSSR count). The average molecular weight is 744 g/mol. The van der Waals surface area contributed by atoms with Crippen LogP contribution in [-0.2, 0) is 32.8 Å². The van der Waals surface area contributed by atoms with E-state index < -0.39 is 52.3 Å². The molecular weight excluding hydrogens is 698 g/mol. The molecule has 3 aromatic carbocycles. The van der Waals surface area contributed by atoms with E-state index in [0.29, 0.717) is 17.0 Å². The van der Waals surface area contributed by atoms with Crippen molar-refractivity contribution < 1.29 is 32.0 Å². The van der Waals surface area contributed by atoms with Crippen molar-refractivity contribution in [3.05, 3.63) is 114 Å². The van der Waals surface area contributed by atoms with Crippen LogP contribution in [0.4, 0.5) is 5.82 Å². The lowest BCUT2D eigenvalue weighted by molar-refractivity contribution is -0.101. The van der Waals surface area contributed by atoms with Gasteiger partial charge in [0.25, 0.3) is 0 Å². The minimum Gasteiger partial charge on any atom is -0.497 e. The number of phosphoric ester groups is 1. The van der Waals surface area contributed by atoms with Gasteiger partial charge in [-0.15, -0.1) is 0 Å². The number of nitrogens with one attached hydrogen (secondary N) is 1. The van der Waals surface area contributed by atoms with E-state index in [4.69, 9.17) is 42.4 Å². The summed E-state index contributed by atoms with van der Waals surface area (Å²) in [5, 5.41) is 3.71. The molecule has 2 aliphatic rings. The number of phosphoric acid groups is 1. The quantitative estimate of drug-likeness (QED) is 0.0847. The summed E-state index contributed by atoms with van der Waals surface area (Å²) in [6.45, 7) is 12.6. The van der Waals surface area contributed by atoms with Crippen molar-refractivity contribution in [2.75, 3.05) is 19.5 Å². The molecule has 274 valence electrons. The molecule has 0 spiro atoms. The smallest absolute Gasteiger partial charge is 0.475 e. The SMILES string of the molecule is COc1ccc(C(Nc2ncnc3c2ncn3[C@@H]2OC3[C@H](C)OP(=O)(OC)O[C@H]3[C@H]2O[Si](C)(C)C(C)(C)C)(c2ccccc2)c2ccccc2)cc1. The number of anilines is 1. The Morgan fingerprint density at radius 3 is 2.02 bits per heavy atom. The maximum atomic E-state index is 13.4. The molecule has 1 N–H and O–H groups in total. The van der Waals surface area contributed by atoms with Crippen molar-refractivity contribution in [3.8, 4) is 5.75 Å². The highest BCUT2D eigenvalue weighted by atomic mass is 31.2. The van der Waals surface area contributed by atoms with Gasteiger partial charge in [-0.1, -0.05) is 93.6 Å². The average Bonchev–Trinajstić information content (AvgIpc) is 3.72. The van der Waals surface area contributed by atoms with Gasteiger partial charge in [0.1, 0.15) is 35.9 Å². The molecule has 0 aliphatic carbocycles. The van der Waals surface area contributed by atoms with Crippen LogP contribution in [0.5, 0.6) is 5.75 Å². The molecule has 5 aromatic rings. The fourth-order valence-corrected chi connectivity index (χ4v) is 9.37. The second-order valence-corrected chi connectivity index (χ2v) is 21.2. The predicted octanol–water partition coefficient (Wildman–Crippen LogP) is 8.09. The third kappa shape index (κ3) is 6.38. The fraction of sp³-hybridized carbons (Fsp3) is 0.395. The van der Waals surface area contributed by atoms with Crippen molar-refractivity contribution >= 4 is 33.1 Å². The van der Waals surface area contributed by atoms with E-state index in [1.54, 1.807) is 20.4 Å². The maximum absolute atomic E-state index is 13.4. The molecular formula is C38H46N5O7PSi. The van der Waals surface area contributed by atoms with Crippen molar-refractivity contribution in [2.24, 2.45) is 0 Å². The zero-order chi connectivity index (χ0) is 36.9. The van der Waals surface area contributed by atoms with Gasteiger partial charge in [-0.3, -0.25) is 18.1 Å². The van der Waals surface area contributed by atoms with Gasteiger partial charge in [0.15, 0.2) is 31.5 Å². The molecule has 14 heteroatoms. The summed E-state index contributed by atoms with van der Waals surface area (Å²) < 4.78 is 51.6. The Kier molecular flexibility index (Phi) is 9.66. The second-order valence-electron chi connectivity index (χ2n) is 14.7. The van der Waals surface area contributed by atoms with Crippen LogP contribution in [0.15, 0.2) is 97.6 Å². The monoisotopic (exact) mass is 743 g/mol. The Bertz CT molecular complexity index is 2020. The number of imidazole rings is 1. The second kappa shape index (κ2) is 13.8. The fourth-order valence-electron chi connectivity index (χ4n) is 6.79. The van der Waals surface area contributed by atoms with Gasteiger partial charge >= 0.3 is 7.82 Å². The van der Waals surface area contributed by atoms with E-state index in [1.165, 1.54) is 13.4 Å². The van der Waals surface area contributed by atoms with Crippen molar-refractivity contribution in [1.29, 1.82) is 0 Å². The minimum absolute atomic E-state index is 0.132. The summed E-state index contributed by atoms with van der Waals surface area (Å²) in [4.78, 5) is 14.4. The normalized spacial score (nSPS) is 25.2. The molecule has 12 nitrogen and oxygen atoms in total. The van der Waals surface area contributed by atoms with Crippen molar-refractivity contribution in [3.63, 3.8) is 0 Å². The van der Waals surface area contributed by atoms with Gasteiger partial charge in [-0.2, -0.15) is 0 Å². The zero-order valence-corrected chi connectivity index (χ0v) is 32.6. The van der Waals surface area contributed by atoms with E-state index in [2.05, 4.69) is 75.6 Å². The Morgan fingerprint density at radius 2 is 1.44 bits per heavy atom. The molecule has 4 heterocycles. The lowest BCUT2D eigenvalue weighted by Crippen LogP contribution is -2.51. The Hall–Kier alpha value is -3.94. The van der Waals surface area contributed by atoms with Gasteiger partial charge < -0.3 is 19.2 Å². The Morgan fingerprint density at radius 1 is 0.827 bits per heavy atom. The summed E-state index contributed by atoms with van der Waals surface area (Å²) in [6.07, 6.45) is -0.112. The molecule has 0 amide bonds. The summed E-state index contributed by atoms with van der Waals surface area (Å²) in [7, 11) is -3.31. The van der Waals surface area contributed by atoms with Crippen LogP contribution >= 0.6 is 7.82 Å². The van der Waals surface area contributed by atoms with Gasteiger partial charge in [0.2, 0.25) is 0 Å². The molecule has 2 saturated heterocycles. The lowest BCUT2D eigenvalue weighted by Gasteiger charge is -2.42. The van der Waals surface area contributed by atoms with Gasteiger partial charge in [0, 0.05) is 7.11 Å². The number of ether oxygens (including phenoxy) is 2. The van der Waals surface area contributed by atoms with Crippen molar-refractivity contribution in [2.45, 2.75) is 82.0 Å². The first-order valence-electron chi connectivity index (χ1n) is 17.4. The van der Waals surface area contributed by atoms with Crippen LogP contribution in [0.1, 0.15) is 50.6 Å². The van der Waals surface area contributed by atoms with E-state index in [-0.39, 0.29) is 5.04 Å². The number of aromatic nitrogens is 4. The minimum atomic E-state index is -3.85. The van der Waals surface area contributed by atoms with Gasteiger partial charge in [-0.25, -0.2) is 19.5 Å². The molecule has 2 fully saturated rings. The lowest BCUT2D eigenvalue weighted by atomic mass is 9.77. The topological polar surface area (TPSA) is 128 Å². The standard InChI is InChI=1S/C38H46N5O7PSi/c1-25-31-32(49-51(44,46-6)48-25)33(50-52(7,8)37(2,3)4)36(47-31)43-24-41-30-34(39-23-40-35(30)43)42-38(26-15-11-9-12-16-26,27-17-13-10-14-18-27)28-19-21-29(45-5)22-20-28/h9-25,31-33,36H,1-8H3,(H,39,40,42)/t25-,31?,32+,33+,36+,51?/m0/s1. The summed E-state index contributed by atoms with van der Waals surface area (Å²) in [6, 6.07) is 28.5. The van der Waals surface area contributed by atoms with Crippen LogP contribution in [0.25, 0.3) is 11.2 Å².